The minimum Gasteiger partial charge on any atom is -0.497 e. The van der Waals surface area contributed by atoms with E-state index in [0.29, 0.717) is 30.2 Å². The van der Waals surface area contributed by atoms with Gasteiger partial charge in [-0.3, -0.25) is 9.69 Å². The third-order valence-electron chi connectivity index (χ3n) is 5.20. The quantitative estimate of drug-likeness (QED) is 0.757. The molecule has 3 rings (SSSR count). The number of piperazine rings is 1. The maximum Gasteiger partial charge on any atom is 0.258 e. The van der Waals surface area contributed by atoms with Crippen LogP contribution in [0.2, 0.25) is 0 Å². The second kappa shape index (κ2) is 7.44. The molecule has 0 saturated carbocycles. The van der Waals surface area contributed by atoms with Crippen molar-refractivity contribution in [2.75, 3.05) is 45.4 Å². The summed E-state index contributed by atoms with van der Waals surface area (Å²) in [5.41, 5.74) is 0.402. The highest BCUT2D eigenvalue weighted by Crippen LogP contribution is 2.31. The maximum atomic E-state index is 13.2. The first-order valence-corrected chi connectivity index (χ1v) is 10.7. The molecule has 2 unspecified atom stereocenters. The summed E-state index contributed by atoms with van der Waals surface area (Å²) in [6.45, 7) is 4.12. The van der Waals surface area contributed by atoms with E-state index in [9.17, 15) is 13.2 Å². The highest BCUT2D eigenvalue weighted by Gasteiger charge is 2.48. The Morgan fingerprint density at radius 1 is 1.15 bits per heavy atom. The molecule has 2 saturated heterocycles. The number of fused-ring (bicyclic) bond motifs is 1. The van der Waals surface area contributed by atoms with E-state index < -0.39 is 9.84 Å². The van der Waals surface area contributed by atoms with Gasteiger partial charge in [0.1, 0.15) is 11.5 Å². The van der Waals surface area contributed by atoms with Gasteiger partial charge in [0.15, 0.2) is 9.84 Å². The number of methoxy groups -OCH3 is 2. The van der Waals surface area contributed by atoms with Crippen LogP contribution in [0.15, 0.2) is 18.2 Å². The first kappa shape index (κ1) is 19.0. The summed E-state index contributed by atoms with van der Waals surface area (Å²) in [6.07, 6.45) is 0.959. The van der Waals surface area contributed by atoms with Gasteiger partial charge in [-0.05, 0) is 31.2 Å². The largest absolute Gasteiger partial charge is 0.497 e. The summed E-state index contributed by atoms with van der Waals surface area (Å²) < 4.78 is 35.1. The second-order valence-corrected chi connectivity index (χ2v) is 8.97. The number of carbonyl (C=O) groups excluding carboxylic acids is 1. The number of carbonyl (C=O) groups is 1. The number of nitrogens with zero attached hydrogens (tertiary/aromatic N) is 2. The Balaban J connectivity index is 1.93. The van der Waals surface area contributed by atoms with Crippen LogP contribution >= 0.6 is 0 Å². The molecule has 0 N–H and O–H groups in total. The first-order chi connectivity index (χ1) is 12.4. The number of hydrogen-bond acceptors (Lipinski definition) is 6. The van der Waals surface area contributed by atoms with Crippen LogP contribution in [0.4, 0.5) is 0 Å². The molecule has 1 amide bonds. The molecule has 2 aliphatic heterocycles. The van der Waals surface area contributed by atoms with Crippen molar-refractivity contribution in [3.63, 3.8) is 0 Å². The SMILES string of the molecule is CCCN1CCN(C(=O)c2cc(OC)ccc2OC)C2CS(=O)(=O)CC21. The Hall–Kier alpha value is -1.80. The van der Waals surface area contributed by atoms with Gasteiger partial charge in [0.25, 0.3) is 5.91 Å². The van der Waals surface area contributed by atoms with Crippen molar-refractivity contribution in [2.45, 2.75) is 25.4 Å². The van der Waals surface area contributed by atoms with Gasteiger partial charge in [0.05, 0.1) is 37.3 Å². The average Bonchev–Trinajstić information content (AvgIpc) is 2.96. The van der Waals surface area contributed by atoms with E-state index in [1.807, 2.05) is 0 Å². The van der Waals surface area contributed by atoms with E-state index >= 15 is 0 Å². The number of hydrogen-bond donors (Lipinski definition) is 0. The Morgan fingerprint density at radius 3 is 2.54 bits per heavy atom. The molecule has 0 bridgehead atoms. The third-order valence-corrected chi connectivity index (χ3v) is 6.90. The summed E-state index contributed by atoms with van der Waals surface area (Å²) in [7, 11) is -0.0934. The first-order valence-electron chi connectivity index (χ1n) is 8.87. The lowest BCUT2D eigenvalue weighted by Gasteiger charge is -2.44. The van der Waals surface area contributed by atoms with E-state index in [4.69, 9.17) is 9.47 Å². The van der Waals surface area contributed by atoms with Crippen molar-refractivity contribution in [3.05, 3.63) is 23.8 Å². The second-order valence-electron chi connectivity index (χ2n) is 6.81. The number of benzene rings is 1. The van der Waals surface area contributed by atoms with E-state index in [0.717, 1.165) is 13.0 Å². The molecule has 2 aliphatic rings. The molecule has 8 heteroatoms. The molecule has 2 atom stereocenters. The lowest BCUT2D eigenvalue weighted by atomic mass is 10.0. The average molecular weight is 382 g/mol. The molecule has 26 heavy (non-hydrogen) atoms. The summed E-state index contributed by atoms with van der Waals surface area (Å²) in [5.74, 6) is 0.967. The number of ether oxygens (including phenoxy) is 2. The van der Waals surface area contributed by atoms with Gasteiger partial charge in [-0.15, -0.1) is 0 Å². The van der Waals surface area contributed by atoms with Gasteiger partial charge in [-0.1, -0.05) is 6.92 Å². The van der Waals surface area contributed by atoms with Gasteiger partial charge in [-0.25, -0.2) is 8.42 Å². The predicted molar refractivity (Wildman–Crippen MR) is 98.7 cm³/mol. The number of amides is 1. The van der Waals surface area contributed by atoms with Crippen LogP contribution in [0.25, 0.3) is 0 Å². The van der Waals surface area contributed by atoms with Gasteiger partial charge in [-0.2, -0.15) is 0 Å². The minimum absolute atomic E-state index is 0.0237. The van der Waals surface area contributed by atoms with Gasteiger partial charge < -0.3 is 14.4 Å². The number of sulfone groups is 1. The molecular weight excluding hydrogens is 356 g/mol. The zero-order chi connectivity index (χ0) is 18.9. The van der Waals surface area contributed by atoms with Crippen LogP contribution < -0.4 is 9.47 Å². The van der Waals surface area contributed by atoms with E-state index in [2.05, 4.69) is 11.8 Å². The minimum atomic E-state index is -3.15. The molecule has 144 valence electrons. The topological polar surface area (TPSA) is 76.2 Å². The van der Waals surface area contributed by atoms with E-state index in [1.165, 1.54) is 7.11 Å². The fourth-order valence-electron chi connectivity index (χ4n) is 3.98. The molecule has 0 radical (unpaired) electrons. The molecule has 2 heterocycles. The fourth-order valence-corrected chi connectivity index (χ4v) is 5.99. The predicted octanol–water partition coefficient (Wildman–Crippen LogP) is 1.04. The van der Waals surface area contributed by atoms with Crippen molar-refractivity contribution in [3.8, 4) is 11.5 Å². The summed E-state index contributed by atoms with van der Waals surface area (Å²) in [5, 5.41) is 0. The van der Waals surface area contributed by atoms with Crippen molar-refractivity contribution < 1.29 is 22.7 Å². The van der Waals surface area contributed by atoms with E-state index in [-0.39, 0.29) is 29.5 Å². The molecule has 1 aromatic carbocycles. The monoisotopic (exact) mass is 382 g/mol. The Bertz CT molecular complexity index is 780. The molecule has 2 fully saturated rings. The van der Waals surface area contributed by atoms with Crippen LogP contribution in [-0.2, 0) is 9.84 Å². The Kier molecular flexibility index (Phi) is 5.43. The van der Waals surface area contributed by atoms with Gasteiger partial charge in [0, 0.05) is 19.1 Å². The summed E-state index contributed by atoms with van der Waals surface area (Å²) in [4.78, 5) is 17.2. The van der Waals surface area contributed by atoms with Crippen LogP contribution in [-0.4, -0.2) is 81.6 Å². The van der Waals surface area contributed by atoms with Crippen LogP contribution in [0, 0.1) is 0 Å². The van der Waals surface area contributed by atoms with Crippen molar-refractivity contribution in [1.29, 1.82) is 0 Å². The van der Waals surface area contributed by atoms with Crippen LogP contribution in [0.3, 0.4) is 0 Å². The van der Waals surface area contributed by atoms with Gasteiger partial charge >= 0.3 is 0 Å². The van der Waals surface area contributed by atoms with E-state index in [1.54, 1.807) is 30.2 Å². The molecule has 1 aromatic rings. The highest BCUT2D eigenvalue weighted by molar-refractivity contribution is 7.91. The molecular formula is C18H26N2O5S. The molecule has 0 spiro atoms. The zero-order valence-electron chi connectivity index (χ0n) is 15.5. The molecule has 7 nitrogen and oxygen atoms in total. The smallest absolute Gasteiger partial charge is 0.258 e. The summed E-state index contributed by atoms with van der Waals surface area (Å²) >= 11 is 0. The Morgan fingerprint density at radius 2 is 1.88 bits per heavy atom. The zero-order valence-corrected chi connectivity index (χ0v) is 16.3. The molecule has 0 aliphatic carbocycles. The highest BCUT2D eigenvalue weighted by atomic mass is 32.2. The fraction of sp³-hybridized carbons (Fsp3) is 0.611. The van der Waals surface area contributed by atoms with Crippen molar-refractivity contribution >= 4 is 15.7 Å². The summed E-state index contributed by atoms with van der Waals surface area (Å²) in [6, 6.07) is 4.63. The third kappa shape index (κ3) is 3.53. The van der Waals surface area contributed by atoms with Gasteiger partial charge in [0.2, 0.25) is 0 Å². The normalized spacial score (nSPS) is 25.0. The maximum absolute atomic E-state index is 13.2. The lowest BCUT2D eigenvalue weighted by Crippen LogP contribution is -2.60. The standard InChI is InChI=1S/C18H26N2O5S/c1-4-7-19-8-9-20(16-12-26(22,23)11-15(16)19)18(21)14-10-13(24-2)5-6-17(14)25-3/h5-6,10,15-16H,4,7-9,11-12H2,1-3H3. The Labute approximate surface area is 154 Å². The lowest BCUT2D eigenvalue weighted by molar-refractivity contribution is 0.0330. The van der Waals surface area contributed by atoms with Crippen LogP contribution in [0.5, 0.6) is 11.5 Å². The van der Waals surface area contributed by atoms with Crippen molar-refractivity contribution in [2.24, 2.45) is 0 Å². The number of rotatable bonds is 5. The molecule has 0 aromatic heterocycles. The van der Waals surface area contributed by atoms with Crippen molar-refractivity contribution in [1.82, 2.24) is 9.80 Å². The van der Waals surface area contributed by atoms with Crippen LogP contribution in [0.1, 0.15) is 23.7 Å².